The summed E-state index contributed by atoms with van der Waals surface area (Å²) in [6.45, 7) is 20.6. The van der Waals surface area contributed by atoms with Gasteiger partial charge in [-0.1, -0.05) is 77.8 Å². The van der Waals surface area contributed by atoms with Crippen LogP contribution in [0, 0.1) is 34.4 Å². The second-order valence-electron chi connectivity index (χ2n) is 19.1. The Morgan fingerprint density at radius 3 is 2.38 bits per heavy atom. The summed E-state index contributed by atoms with van der Waals surface area (Å²) in [5.74, 6) is 2.09. The Morgan fingerprint density at radius 2 is 1.70 bits per heavy atom. The number of carbonyl (C=O) groups excluding carboxylic acids is 1. The predicted octanol–water partition coefficient (Wildman–Crippen LogP) is 10.6. The number of hydrogen-bond donors (Lipinski definition) is 0. The summed E-state index contributed by atoms with van der Waals surface area (Å²) in [5, 5.41) is 11.4. The molecule has 0 aliphatic carbocycles. The molecule has 0 unspecified atom stereocenters. The number of nitriles is 1. The molecule has 4 aromatic rings. The molecule has 3 atom stereocenters. The summed E-state index contributed by atoms with van der Waals surface area (Å²) in [6.07, 6.45) is 0.459. The van der Waals surface area contributed by atoms with Crippen molar-refractivity contribution in [1.82, 2.24) is 19.8 Å². The van der Waals surface area contributed by atoms with Gasteiger partial charge in [0.1, 0.15) is 43.6 Å². The van der Waals surface area contributed by atoms with Gasteiger partial charge in [-0.05, 0) is 79.9 Å². The van der Waals surface area contributed by atoms with Gasteiger partial charge in [0.05, 0.1) is 29.6 Å². The number of benzene rings is 3. The molecule has 3 aliphatic rings. The Morgan fingerprint density at radius 1 is 1.00 bits per heavy atom. The van der Waals surface area contributed by atoms with E-state index in [0.717, 1.165) is 24.8 Å². The van der Waals surface area contributed by atoms with Crippen LogP contribution in [0.15, 0.2) is 42.5 Å². The van der Waals surface area contributed by atoms with E-state index in [1.54, 1.807) is 32.9 Å². The third-order valence-corrected chi connectivity index (χ3v) is 19.6. The Hall–Kier alpha value is -4.85. The highest BCUT2D eigenvalue weighted by molar-refractivity contribution is 6.90. The number of anilines is 1. The fourth-order valence-electron chi connectivity index (χ4n) is 10.5. The standard InChI is InChI=1S/C48H59F3N6O3Si/c1-30(2)61(31(3)4,32(5)6)24-18-34-14-10-13-33-15-11-16-37(40(33)34)41-39(50)25-38-43(42(41)51)53-45(59-29-48-19-12-21-56(48)27-35(49)26-48)54-44(38)55-22-23-57(36(28-55)17-20-52)46(58)60-47(7,8)9/h10-11,13-16,25,30-32,35-36H,12,17,19,21-23,26-29H2,1-9H3/t35-,36+,48+/m1/s1. The number of rotatable bonds is 9. The number of aromatic nitrogens is 2. The molecule has 13 heteroatoms. The van der Waals surface area contributed by atoms with E-state index in [2.05, 4.69) is 69.0 Å². The molecule has 4 heterocycles. The number of ether oxygens (including phenoxy) is 2. The van der Waals surface area contributed by atoms with E-state index >= 15 is 8.78 Å². The molecule has 0 bridgehead atoms. The normalized spacial score (nSPS) is 21.0. The minimum Gasteiger partial charge on any atom is -0.461 e. The summed E-state index contributed by atoms with van der Waals surface area (Å²) < 4.78 is 61.4. The lowest BCUT2D eigenvalue weighted by Crippen LogP contribution is -2.56. The van der Waals surface area contributed by atoms with Gasteiger partial charge < -0.3 is 19.3 Å². The molecule has 3 aliphatic heterocycles. The molecule has 61 heavy (non-hydrogen) atoms. The van der Waals surface area contributed by atoms with Gasteiger partial charge in [-0.15, -0.1) is 5.54 Å². The minimum atomic E-state index is -2.16. The number of piperazine rings is 1. The van der Waals surface area contributed by atoms with Gasteiger partial charge in [-0.2, -0.15) is 15.2 Å². The molecular weight excluding hydrogens is 794 g/mol. The molecule has 324 valence electrons. The number of carbonyl (C=O) groups is 1. The largest absolute Gasteiger partial charge is 0.461 e. The van der Waals surface area contributed by atoms with Gasteiger partial charge in [-0.25, -0.2) is 18.0 Å². The molecule has 0 radical (unpaired) electrons. The van der Waals surface area contributed by atoms with Crippen LogP contribution in [0.5, 0.6) is 6.01 Å². The molecule has 0 N–H and O–H groups in total. The highest BCUT2D eigenvalue weighted by atomic mass is 28.3. The average molecular weight is 853 g/mol. The van der Waals surface area contributed by atoms with E-state index in [1.165, 1.54) is 11.0 Å². The van der Waals surface area contributed by atoms with Crippen molar-refractivity contribution in [3.63, 3.8) is 0 Å². The fraction of sp³-hybridized carbons (Fsp3) is 0.542. The van der Waals surface area contributed by atoms with Gasteiger partial charge in [0, 0.05) is 48.9 Å². The van der Waals surface area contributed by atoms with Gasteiger partial charge in [0.25, 0.3) is 0 Å². The van der Waals surface area contributed by atoms with Crippen LogP contribution in [0.1, 0.15) is 93.6 Å². The van der Waals surface area contributed by atoms with Crippen molar-refractivity contribution in [2.45, 2.75) is 128 Å². The third-order valence-electron chi connectivity index (χ3n) is 13.3. The first-order valence-corrected chi connectivity index (χ1v) is 24.0. The monoisotopic (exact) mass is 852 g/mol. The highest BCUT2D eigenvalue weighted by Crippen LogP contribution is 2.44. The first-order valence-electron chi connectivity index (χ1n) is 21.8. The zero-order chi connectivity index (χ0) is 44.0. The maximum Gasteiger partial charge on any atom is 0.410 e. The van der Waals surface area contributed by atoms with Crippen molar-refractivity contribution in [3.05, 3.63) is 59.7 Å². The Labute approximate surface area is 359 Å². The zero-order valence-electron chi connectivity index (χ0n) is 37.0. The molecule has 1 amide bonds. The van der Waals surface area contributed by atoms with Crippen molar-refractivity contribution in [2.24, 2.45) is 0 Å². The van der Waals surface area contributed by atoms with Crippen LogP contribution in [0.25, 0.3) is 32.8 Å². The van der Waals surface area contributed by atoms with E-state index in [9.17, 15) is 14.4 Å². The lowest BCUT2D eigenvalue weighted by Gasteiger charge is -2.41. The molecule has 0 saturated carbocycles. The van der Waals surface area contributed by atoms with Crippen molar-refractivity contribution < 1.29 is 27.4 Å². The first kappa shape index (κ1) is 44.2. The van der Waals surface area contributed by atoms with Crippen LogP contribution in [-0.4, -0.2) is 96.6 Å². The number of amides is 1. The van der Waals surface area contributed by atoms with Crippen LogP contribution in [0.2, 0.25) is 16.6 Å². The fourth-order valence-corrected chi connectivity index (χ4v) is 15.7. The second kappa shape index (κ2) is 17.1. The van der Waals surface area contributed by atoms with Crippen LogP contribution in [0.4, 0.5) is 23.8 Å². The van der Waals surface area contributed by atoms with E-state index < -0.39 is 49.2 Å². The second-order valence-corrected chi connectivity index (χ2v) is 24.7. The molecule has 0 spiro atoms. The minimum absolute atomic E-state index is 0.000833. The quantitative estimate of drug-likeness (QED) is 0.121. The Bertz CT molecular complexity index is 2390. The van der Waals surface area contributed by atoms with E-state index in [4.69, 9.17) is 14.5 Å². The molecule has 1 aromatic heterocycles. The number of nitrogens with zero attached hydrogens (tertiary/aromatic N) is 6. The Balaban J connectivity index is 1.37. The summed E-state index contributed by atoms with van der Waals surface area (Å²) in [5.41, 5.74) is 4.40. The first-order chi connectivity index (χ1) is 28.9. The van der Waals surface area contributed by atoms with E-state index in [1.807, 2.05) is 29.2 Å². The van der Waals surface area contributed by atoms with Gasteiger partial charge >= 0.3 is 12.1 Å². The van der Waals surface area contributed by atoms with Crippen LogP contribution in [0.3, 0.4) is 0 Å². The molecular formula is C48H59F3N6O3Si. The van der Waals surface area contributed by atoms with Crippen LogP contribution >= 0.6 is 0 Å². The van der Waals surface area contributed by atoms with Crippen molar-refractivity contribution in [2.75, 3.05) is 44.2 Å². The molecule has 3 aromatic carbocycles. The SMILES string of the molecule is CC(C)[Si](C#Cc1cccc2cccc(-c3c(F)cc4c(N5CCN(C(=O)OC(C)(C)C)[C@@H](CC#N)C5)nc(OC[C@@]56CCCN5C[C@H](F)C6)nc4c3F)c12)(C(C)C)C(C)C. The molecule has 3 saturated heterocycles. The average Bonchev–Trinajstić information content (AvgIpc) is 3.72. The van der Waals surface area contributed by atoms with Gasteiger partial charge in [-0.3, -0.25) is 4.90 Å². The smallest absolute Gasteiger partial charge is 0.410 e. The van der Waals surface area contributed by atoms with Crippen LogP contribution < -0.4 is 9.64 Å². The lowest BCUT2D eigenvalue weighted by molar-refractivity contribution is 0.0145. The van der Waals surface area contributed by atoms with Crippen LogP contribution in [-0.2, 0) is 4.74 Å². The highest BCUT2D eigenvalue weighted by Gasteiger charge is 2.49. The number of alkyl halides is 1. The topological polar surface area (TPSA) is 94.8 Å². The number of fused-ring (bicyclic) bond motifs is 3. The summed E-state index contributed by atoms with van der Waals surface area (Å²) >= 11 is 0. The zero-order valence-corrected chi connectivity index (χ0v) is 38.0. The van der Waals surface area contributed by atoms with Crippen molar-refractivity contribution >= 4 is 41.7 Å². The molecule has 7 rings (SSSR count). The molecule has 3 fully saturated rings. The molecule has 9 nitrogen and oxygen atoms in total. The summed E-state index contributed by atoms with van der Waals surface area (Å²) in [7, 11) is -2.16. The predicted molar refractivity (Wildman–Crippen MR) is 238 cm³/mol. The van der Waals surface area contributed by atoms with Crippen molar-refractivity contribution in [3.8, 4) is 34.7 Å². The van der Waals surface area contributed by atoms with Crippen molar-refractivity contribution in [1.29, 1.82) is 5.26 Å². The maximum absolute atomic E-state index is 17.6. The lowest BCUT2D eigenvalue weighted by atomic mass is 9.93. The summed E-state index contributed by atoms with van der Waals surface area (Å²) in [4.78, 5) is 28.2. The maximum atomic E-state index is 17.6. The third kappa shape index (κ3) is 8.40. The Kier molecular flexibility index (Phi) is 12.4. The number of halogens is 3. The number of hydrogen-bond acceptors (Lipinski definition) is 8. The van der Waals surface area contributed by atoms with E-state index in [0.29, 0.717) is 46.1 Å². The van der Waals surface area contributed by atoms with Gasteiger partial charge in [0.15, 0.2) is 5.82 Å². The van der Waals surface area contributed by atoms with Gasteiger partial charge in [0.2, 0.25) is 0 Å². The summed E-state index contributed by atoms with van der Waals surface area (Å²) in [6, 6.07) is 14.0. The van der Waals surface area contributed by atoms with E-state index in [-0.39, 0.29) is 61.0 Å².